The monoisotopic (exact) mass is 467 g/mol. The number of carbonyl (C=O) groups excluding carboxylic acids is 2. The first-order chi connectivity index (χ1) is 15.6. The largest absolute Gasteiger partial charge is 0.465 e. The molecule has 0 atom stereocenters. The third-order valence-corrected chi connectivity index (χ3v) is 7.65. The predicted molar refractivity (Wildman–Crippen MR) is 125 cm³/mol. The van der Waals surface area contributed by atoms with Crippen LogP contribution in [0.15, 0.2) is 29.4 Å². The van der Waals surface area contributed by atoms with Crippen LogP contribution in [0.2, 0.25) is 0 Å². The van der Waals surface area contributed by atoms with Gasteiger partial charge in [0.1, 0.15) is 10.7 Å². The first-order valence-corrected chi connectivity index (χ1v) is 12.1. The summed E-state index contributed by atoms with van der Waals surface area (Å²) in [7, 11) is 1.31. The molecule has 0 saturated heterocycles. The summed E-state index contributed by atoms with van der Waals surface area (Å²) in [6.07, 6.45) is 4.55. The zero-order valence-electron chi connectivity index (χ0n) is 17.7. The Morgan fingerprint density at radius 3 is 2.88 bits per heavy atom. The fourth-order valence-corrected chi connectivity index (χ4v) is 6.15. The lowest BCUT2D eigenvalue weighted by Gasteiger charge is -2.10. The van der Waals surface area contributed by atoms with Crippen molar-refractivity contribution in [2.24, 2.45) is 0 Å². The number of amides is 1. The molecular weight excluding hydrogens is 446 g/mol. The molecule has 1 N–H and O–H groups in total. The van der Waals surface area contributed by atoms with E-state index in [1.54, 1.807) is 35.6 Å². The number of nitrogens with one attached hydrogen (secondary N) is 1. The van der Waals surface area contributed by atoms with Crippen molar-refractivity contribution in [2.45, 2.75) is 37.8 Å². The van der Waals surface area contributed by atoms with Gasteiger partial charge in [-0.1, -0.05) is 23.9 Å². The molecule has 0 bridgehead atoms. The van der Waals surface area contributed by atoms with Gasteiger partial charge in [0.25, 0.3) is 0 Å². The van der Waals surface area contributed by atoms with Crippen LogP contribution in [-0.2, 0) is 22.4 Å². The smallest absolute Gasteiger partial charge is 0.339 e. The van der Waals surface area contributed by atoms with E-state index in [-0.39, 0.29) is 11.7 Å². The maximum absolute atomic E-state index is 12.6. The Balaban J connectivity index is 1.40. The number of aromatic nitrogens is 4. The maximum atomic E-state index is 12.6. The van der Waals surface area contributed by atoms with Gasteiger partial charge in [-0.2, -0.15) is 0 Å². The number of fused-ring (bicyclic) bond motifs is 5. The van der Waals surface area contributed by atoms with Crippen molar-refractivity contribution < 1.29 is 14.3 Å². The van der Waals surface area contributed by atoms with E-state index in [0.717, 1.165) is 34.5 Å². The van der Waals surface area contributed by atoms with E-state index in [9.17, 15) is 9.59 Å². The van der Waals surface area contributed by atoms with E-state index >= 15 is 0 Å². The minimum atomic E-state index is -0.498. The third-order valence-electron chi connectivity index (χ3n) is 5.54. The SMILES string of the molecule is COC(=O)c1ccccc1NC(=O)CSc1nnc2c3c4c(sc3nc(C)n12)CCCC4. The molecule has 1 aliphatic carbocycles. The molecule has 10 heteroatoms. The fraction of sp³-hybridized carbons (Fsp3) is 0.318. The van der Waals surface area contributed by atoms with Gasteiger partial charge in [-0.3, -0.25) is 9.20 Å². The number of anilines is 1. The number of rotatable bonds is 5. The highest BCUT2D eigenvalue weighted by atomic mass is 32.2. The number of esters is 1. The minimum Gasteiger partial charge on any atom is -0.465 e. The zero-order chi connectivity index (χ0) is 22.2. The topological polar surface area (TPSA) is 98.5 Å². The van der Waals surface area contributed by atoms with E-state index in [2.05, 4.69) is 15.5 Å². The first kappa shape index (κ1) is 20.9. The Kier molecular flexibility index (Phi) is 5.56. The summed E-state index contributed by atoms with van der Waals surface area (Å²) in [4.78, 5) is 31.8. The molecule has 1 amide bonds. The molecule has 1 aromatic carbocycles. The molecule has 0 spiro atoms. The summed E-state index contributed by atoms with van der Waals surface area (Å²) in [5.74, 6) is 0.176. The summed E-state index contributed by atoms with van der Waals surface area (Å²) in [6, 6.07) is 6.76. The number of thioether (sulfide) groups is 1. The quantitative estimate of drug-likeness (QED) is 0.349. The van der Waals surface area contributed by atoms with Gasteiger partial charge in [-0.25, -0.2) is 9.78 Å². The van der Waals surface area contributed by atoms with Crippen molar-refractivity contribution in [1.29, 1.82) is 0 Å². The number of thiophene rings is 1. The van der Waals surface area contributed by atoms with E-state index in [1.165, 1.54) is 42.2 Å². The Bertz CT molecular complexity index is 1360. The highest BCUT2D eigenvalue weighted by molar-refractivity contribution is 7.99. The molecule has 0 saturated carbocycles. The van der Waals surface area contributed by atoms with Crippen LogP contribution in [0.3, 0.4) is 0 Å². The van der Waals surface area contributed by atoms with Crippen molar-refractivity contribution in [2.75, 3.05) is 18.2 Å². The molecule has 3 aromatic heterocycles. The van der Waals surface area contributed by atoms with Crippen LogP contribution in [-0.4, -0.2) is 44.3 Å². The summed E-state index contributed by atoms with van der Waals surface area (Å²) in [5, 5.41) is 13.3. The van der Waals surface area contributed by atoms with Gasteiger partial charge in [0.15, 0.2) is 10.8 Å². The van der Waals surface area contributed by atoms with Gasteiger partial charge in [-0.15, -0.1) is 21.5 Å². The lowest BCUT2D eigenvalue weighted by Crippen LogP contribution is -2.17. The van der Waals surface area contributed by atoms with Gasteiger partial charge in [0.05, 0.1) is 29.5 Å². The molecule has 4 aromatic rings. The molecule has 164 valence electrons. The van der Waals surface area contributed by atoms with Crippen LogP contribution >= 0.6 is 23.1 Å². The molecule has 5 rings (SSSR count). The normalized spacial score (nSPS) is 13.3. The fourth-order valence-electron chi connectivity index (χ4n) is 4.07. The molecular formula is C22H21N5O3S2. The molecule has 3 heterocycles. The van der Waals surface area contributed by atoms with Crippen LogP contribution in [0.4, 0.5) is 5.69 Å². The number of hydrogen-bond acceptors (Lipinski definition) is 8. The van der Waals surface area contributed by atoms with Crippen LogP contribution < -0.4 is 5.32 Å². The van der Waals surface area contributed by atoms with Crippen molar-refractivity contribution in [3.8, 4) is 0 Å². The summed E-state index contributed by atoms with van der Waals surface area (Å²) >= 11 is 3.05. The maximum Gasteiger partial charge on any atom is 0.339 e. The van der Waals surface area contributed by atoms with Gasteiger partial charge in [0, 0.05) is 4.88 Å². The predicted octanol–water partition coefficient (Wildman–Crippen LogP) is 4.04. The summed E-state index contributed by atoms with van der Waals surface area (Å²) in [5.41, 5.74) is 2.90. The standard InChI is InChI=1S/C22H21N5O3S2/c1-12-23-20-18(14-8-4-6-10-16(14)32-20)19-25-26-22(27(12)19)31-11-17(28)24-15-9-5-3-7-13(15)21(29)30-2/h3,5,7,9H,4,6,8,10-11H2,1-2H3,(H,24,28). The van der Waals surface area contributed by atoms with E-state index < -0.39 is 5.97 Å². The number of hydrogen-bond donors (Lipinski definition) is 1. The number of benzene rings is 1. The van der Waals surface area contributed by atoms with Crippen LogP contribution in [0.5, 0.6) is 0 Å². The summed E-state index contributed by atoms with van der Waals surface area (Å²) in [6.45, 7) is 1.94. The van der Waals surface area contributed by atoms with Gasteiger partial charge < -0.3 is 10.1 Å². The number of methoxy groups -OCH3 is 1. The Morgan fingerprint density at radius 2 is 2.03 bits per heavy atom. The van der Waals surface area contributed by atoms with Crippen LogP contribution in [0.1, 0.15) is 39.5 Å². The number of ether oxygens (including phenoxy) is 1. The second-order valence-corrected chi connectivity index (χ2v) is 9.59. The lowest BCUT2D eigenvalue weighted by atomic mass is 9.97. The zero-order valence-corrected chi connectivity index (χ0v) is 19.3. The van der Waals surface area contributed by atoms with Crippen LogP contribution in [0.25, 0.3) is 15.9 Å². The van der Waals surface area contributed by atoms with E-state index in [0.29, 0.717) is 16.4 Å². The van der Waals surface area contributed by atoms with Crippen molar-refractivity contribution in [1.82, 2.24) is 19.6 Å². The second kappa shape index (κ2) is 8.51. The lowest BCUT2D eigenvalue weighted by molar-refractivity contribution is -0.113. The highest BCUT2D eigenvalue weighted by Gasteiger charge is 2.23. The number of carbonyl (C=O) groups is 2. The molecule has 8 nitrogen and oxygen atoms in total. The number of nitrogens with zero attached hydrogens (tertiary/aromatic N) is 4. The van der Waals surface area contributed by atoms with E-state index in [4.69, 9.17) is 9.72 Å². The average molecular weight is 468 g/mol. The van der Waals surface area contributed by atoms with Gasteiger partial charge in [0.2, 0.25) is 5.91 Å². The molecule has 32 heavy (non-hydrogen) atoms. The first-order valence-electron chi connectivity index (χ1n) is 10.3. The molecule has 0 unspecified atom stereocenters. The highest BCUT2D eigenvalue weighted by Crippen LogP contribution is 2.38. The van der Waals surface area contributed by atoms with Crippen molar-refractivity contribution in [3.05, 3.63) is 46.1 Å². The van der Waals surface area contributed by atoms with Crippen molar-refractivity contribution in [3.63, 3.8) is 0 Å². The van der Waals surface area contributed by atoms with Gasteiger partial charge in [-0.05, 0) is 50.3 Å². The second-order valence-electron chi connectivity index (χ2n) is 7.57. The number of aryl methyl sites for hydroxylation is 3. The molecule has 0 aliphatic heterocycles. The summed E-state index contributed by atoms with van der Waals surface area (Å²) < 4.78 is 6.72. The molecule has 1 aliphatic rings. The van der Waals surface area contributed by atoms with Gasteiger partial charge >= 0.3 is 5.97 Å². The minimum absolute atomic E-state index is 0.121. The molecule has 0 radical (unpaired) electrons. The van der Waals surface area contributed by atoms with E-state index in [1.807, 2.05) is 11.3 Å². The molecule has 0 fully saturated rings. The third kappa shape index (κ3) is 3.63. The van der Waals surface area contributed by atoms with Crippen LogP contribution in [0, 0.1) is 6.92 Å². The Hall–Kier alpha value is -2.98. The average Bonchev–Trinajstić information content (AvgIpc) is 3.39. The Labute approximate surface area is 192 Å². The number of para-hydroxylation sites is 1. The van der Waals surface area contributed by atoms with Crippen molar-refractivity contribution >= 4 is 56.5 Å². The Morgan fingerprint density at radius 1 is 1.22 bits per heavy atom.